The Bertz CT molecular complexity index is 782. The topological polar surface area (TPSA) is 0 Å². The van der Waals surface area contributed by atoms with Crippen LogP contribution in [0.15, 0.2) is 5.20 Å². The molecule has 0 bridgehead atoms. The average Bonchev–Trinajstić information content (AvgIpc) is 3.11. The molecule has 48 heavy (non-hydrogen) atoms. The Balaban J connectivity index is 0.000000172. The first kappa shape index (κ1) is 42.7. The van der Waals surface area contributed by atoms with E-state index in [0.29, 0.717) is 0 Å². The van der Waals surface area contributed by atoms with Crippen molar-refractivity contribution in [2.24, 2.45) is 0 Å². The molecule has 0 aromatic heterocycles. The normalized spacial score (nSPS) is 25.5. The first-order chi connectivity index (χ1) is 23.2. The van der Waals surface area contributed by atoms with Crippen molar-refractivity contribution in [1.29, 1.82) is 0 Å². The second kappa shape index (κ2) is 23.7. The molecule has 6 fully saturated rings. The minimum absolute atomic E-state index is 0.0465. The van der Waals surface area contributed by atoms with Crippen molar-refractivity contribution in [1.82, 2.24) is 0 Å². The van der Waals surface area contributed by atoms with Crippen LogP contribution in [0.3, 0.4) is 0 Å². The Kier molecular flexibility index (Phi) is 21.0. The van der Waals surface area contributed by atoms with Crippen LogP contribution in [0.5, 0.6) is 0 Å². The molecular formula is C42H80Cl2P2RuSi+2. The minimum atomic E-state index is -1.67. The maximum atomic E-state index is 5.68. The molecule has 0 spiro atoms. The van der Waals surface area contributed by atoms with Gasteiger partial charge in [-0.3, -0.25) is 0 Å². The maximum absolute atomic E-state index is 5.68. The van der Waals surface area contributed by atoms with Crippen molar-refractivity contribution in [3.8, 4) is 0 Å². The van der Waals surface area contributed by atoms with Crippen LogP contribution in [0.25, 0.3) is 0 Å². The Hall–Kier alpha value is 1.93. The van der Waals surface area contributed by atoms with Crippen molar-refractivity contribution in [3.05, 3.63) is 5.20 Å². The molecule has 0 saturated heterocycles. The number of rotatable bonds is 7. The van der Waals surface area contributed by atoms with E-state index in [4.69, 9.17) is 19.4 Å². The Morgan fingerprint density at radius 3 is 0.729 bits per heavy atom. The molecule has 6 rings (SSSR count). The molecule has 6 heteroatoms. The second-order valence-electron chi connectivity index (χ2n) is 18.2. The molecule has 0 unspecified atom stereocenters. The number of halogens is 2. The molecule has 0 N–H and O–H groups in total. The van der Waals surface area contributed by atoms with E-state index in [9.17, 15) is 0 Å². The molecule has 0 radical (unpaired) electrons. The first-order valence-electron chi connectivity index (χ1n) is 21.6. The molecule has 0 aromatic rings. The van der Waals surface area contributed by atoms with Crippen LogP contribution in [0, 0.1) is 0 Å². The second-order valence-corrected chi connectivity index (χ2v) is 35.6. The molecule has 6 aliphatic rings. The van der Waals surface area contributed by atoms with Gasteiger partial charge in [0.2, 0.25) is 0 Å². The fourth-order valence-electron chi connectivity index (χ4n) is 10.8. The zero-order valence-electron chi connectivity index (χ0n) is 32.3. The first-order valence-corrected chi connectivity index (χ1v) is 33.9. The summed E-state index contributed by atoms with van der Waals surface area (Å²) >= 11 is -1.67. The van der Waals surface area contributed by atoms with Gasteiger partial charge in [-0.15, -0.1) is 0 Å². The predicted octanol–water partition coefficient (Wildman–Crippen LogP) is 15.5. The van der Waals surface area contributed by atoms with E-state index in [-0.39, 0.29) is 15.8 Å². The molecule has 0 aromatic carbocycles. The summed E-state index contributed by atoms with van der Waals surface area (Å²) in [6.07, 6.45) is 47.6. The van der Waals surface area contributed by atoms with Crippen molar-refractivity contribution in [2.45, 2.75) is 253 Å². The molecule has 0 heterocycles. The van der Waals surface area contributed by atoms with Crippen LogP contribution in [-0.2, 0) is 13.5 Å². The van der Waals surface area contributed by atoms with E-state index in [1.54, 1.807) is 193 Å². The van der Waals surface area contributed by atoms with Gasteiger partial charge >= 0.3 is 77.0 Å². The molecule has 282 valence electrons. The fraction of sp³-hybridized carbons (Fsp3) is 0.952. The predicted molar refractivity (Wildman–Crippen MR) is 227 cm³/mol. The number of allylic oxidation sites excluding steroid dienone is 1. The molecule has 0 amide bonds. The summed E-state index contributed by atoms with van der Waals surface area (Å²) in [4.78, 5) is 0. The average molecular weight is 847 g/mol. The van der Waals surface area contributed by atoms with Crippen LogP contribution in [-0.4, -0.2) is 46.3 Å². The van der Waals surface area contributed by atoms with Gasteiger partial charge in [-0.25, -0.2) is 0 Å². The number of hydrogen-bond donors (Lipinski definition) is 0. The van der Waals surface area contributed by atoms with Gasteiger partial charge in [0.1, 0.15) is 0 Å². The number of hydrogen-bond acceptors (Lipinski definition) is 0. The summed E-state index contributed by atoms with van der Waals surface area (Å²) in [5, 5.41) is 1.30. The van der Waals surface area contributed by atoms with E-state index in [1.165, 1.54) is 39.2 Å². The summed E-state index contributed by atoms with van der Waals surface area (Å²) < 4.78 is 3.14. The van der Waals surface area contributed by atoms with Crippen molar-refractivity contribution in [3.63, 3.8) is 0 Å². The van der Waals surface area contributed by atoms with Crippen LogP contribution < -0.4 is 0 Å². The van der Waals surface area contributed by atoms with Gasteiger partial charge in [0, 0.05) is 15.8 Å². The summed E-state index contributed by atoms with van der Waals surface area (Å²) in [7, 11) is 10.1. The molecule has 0 aliphatic heterocycles. The van der Waals surface area contributed by atoms with Crippen LogP contribution in [0.2, 0.25) is 19.6 Å². The molecule has 6 saturated carbocycles. The molecule has 6 aliphatic carbocycles. The van der Waals surface area contributed by atoms with E-state index < -0.39 is 21.6 Å². The Morgan fingerprint density at radius 2 is 0.604 bits per heavy atom. The van der Waals surface area contributed by atoms with Crippen molar-refractivity contribution >= 4 is 47.6 Å². The van der Waals surface area contributed by atoms with E-state index in [2.05, 4.69) is 30.8 Å². The fourth-order valence-corrected chi connectivity index (χ4v) is 26.4. The van der Waals surface area contributed by atoms with Gasteiger partial charge in [0.05, 0.1) is 34.0 Å². The van der Waals surface area contributed by atoms with Gasteiger partial charge in [-0.05, 0) is 154 Å². The van der Waals surface area contributed by atoms with Crippen LogP contribution >= 0.6 is 35.2 Å². The van der Waals surface area contributed by atoms with Crippen molar-refractivity contribution < 1.29 is 13.5 Å². The van der Waals surface area contributed by atoms with Gasteiger partial charge in [-0.1, -0.05) is 38.5 Å². The van der Waals surface area contributed by atoms with Crippen LogP contribution in [0.4, 0.5) is 0 Å². The molecule has 0 atom stereocenters. The van der Waals surface area contributed by atoms with Gasteiger partial charge in [-0.2, -0.15) is 0 Å². The van der Waals surface area contributed by atoms with Crippen molar-refractivity contribution in [2.75, 3.05) is 0 Å². The summed E-state index contributed by atoms with van der Waals surface area (Å²) in [5.74, 6) is 0. The standard InChI is InChI=1S/2C18H33P.C6H12Si.2ClH.Ru/c2*1-4-10-16(11-5-1)19(17-12-6-2-7-13-17)18-14-8-3-9-15-18;1-6(2)7(3,4)5;;;/h2*16-18H,1-15H2;1,3-5H3;2*1H;/q;;;;;+2. The van der Waals surface area contributed by atoms with E-state index in [0.717, 1.165) is 0 Å². The third-order valence-corrected chi connectivity index (χ3v) is 27.4. The molecule has 0 nitrogen and oxygen atoms in total. The zero-order valence-corrected chi connectivity index (χ0v) is 38.5. The van der Waals surface area contributed by atoms with Crippen LogP contribution in [0.1, 0.15) is 200 Å². The third kappa shape index (κ3) is 15.0. The summed E-state index contributed by atoms with van der Waals surface area (Å²) in [5.41, 5.74) is 7.36. The monoisotopic (exact) mass is 846 g/mol. The quantitative estimate of drug-likeness (QED) is 0.177. The van der Waals surface area contributed by atoms with E-state index >= 15 is 0 Å². The third-order valence-electron chi connectivity index (χ3n) is 13.8. The van der Waals surface area contributed by atoms with Gasteiger partial charge < -0.3 is 0 Å². The van der Waals surface area contributed by atoms with Gasteiger partial charge in [0.25, 0.3) is 0 Å². The summed E-state index contributed by atoms with van der Waals surface area (Å²) in [6, 6.07) is 0. The van der Waals surface area contributed by atoms with E-state index in [1.807, 2.05) is 0 Å². The Morgan fingerprint density at radius 1 is 0.417 bits per heavy atom. The van der Waals surface area contributed by atoms with Gasteiger partial charge in [0.15, 0.2) is 0 Å². The SMILES string of the molecule is C1CCC([PH+](C2CCCCC2)C2CCCCC2)CC1.C1CCC([PH+](C2CCCCC2)C2CCCCC2)CC1.CC(=[C]=[Ru]([Cl])[Cl])[Si](C)(C)C. The Labute approximate surface area is 317 Å². The summed E-state index contributed by atoms with van der Waals surface area (Å²) in [6.45, 7) is 8.87. The zero-order chi connectivity index (χ0) is 34.2. The molecular weight excluding hydrogens is 766 g/mol.